The van der Waals surface area contributed by atoms with Crippen molar-refractivity contribution >= 4 is 38.7 Å². The highest BCUT2D eigenvalue weighted by molar-refractivity contribution is 7.91. The molecule has 0 unspecified atom stereocenters. The number of carbonyl (C=O) groups is 1. The van der Waals surface area contributed by atoms with Crippen LogP contribution in [-0.4, -0.2) is 28.0 Å². The first-order valence-corrected chi connectivity index (χ1v) is 11.2. The number of amides is 1. The van der Waals surface area contributed by atoms with E-state index < -0.39 is 21.0 Å². The fourth-order valence-electron chi connectivity index (χ4n) is 2.69. The number of ether oxygens (including phenoxy) is 1. The SMILES string of the molecule is COc1ccc(S(=O)(=O)[C@@H](CNC(=O)c2ccccc2Cl)c2cccs2)cc1. The van der Waals surface area contributed by atoms with Gasteiger partial charge in [-0.3, -0.25) is 4.79 Å². The zero-order valence-electron chi connectivity index (χ0n) is 15.0. The summed E-state index contributed by atoms with van der Waals surface area (Å²) in [5.41, 5.74) is 0.302. The van der Waals surface area contributed by atoms with Crippen LogP contribution in [0.25, 0.3) is 0 Å². The largest absolute Gasteiger partial charge is 0.497 e. The minimum Gasteiger partial charge on any atom is -0.497 e. The van der Waals surface area contributed by atoms with Crippen molar-refractivity contribution in [2.45, 2.75) is 10.1 Å². The van der Waals surface area contributed by atoms with Gasteiger partial charge in [0.05, 0.1) is 22.6 Å². The molecular formula is C20H18ClNO4S2. The maximum Gasteiger partial charge on any atom is 0.252 e. The van der Waals surface area contributed by atoms with Gasteiger partial charge in [-0.15, -0.1) is 11.3 Å². The van der Waals surface area contributed by atoms with E-state index in [1.54, 1.807) is 48.5 Å². The van der Waals surface area contributed by atoms with Crippen molar-refractivity contribution in [3.63, 3.8) is 0 Å². The van der Waals surface area contributed by atoms with Crippen LogP contribution in [0.1, 0.15) is 20.5 Å². The van der Waals surface area contributed by atoms with Gasteiger partial charge in [-0.05, 0) is 47.8 Å². The maximum absolute atomic E-state index is 13.2. The topological polar surface area (TPSA) is 72.5 Å². The van der Waals surface area contributed by atoms with E-state index in [4.69, 9.17) is 16.3 Å². The third-order valence-electron chi connectivity index (χ3n) is 4.19. The molecule has 8 heteroatoms. The van der Waals surface area contributed by atoms with Crippen molar-refractivity contribution in [3.05, 3.63) is 81.5 Å². The van der Waals surface area contributed by atoms with Crippen molar-refractivity contribution in [3.8, 4) is 5.75 Å². The maximum atomic E-state index is 13.2. The Morgan fingerprint density at radius 1 is 1.11 bits per heavy atom. The van der Waals surface area contributed by atoms with Crippen LogP contribution in [0.2, 0.25) is 5.02 Å². The molecule has 1 aromatic heterocycles. The highest BCUT2D eigenvalue weighted by atomic mass is 35.5. The minimum absolute atomic E-state index is 0.0705. The number of methoxy groups -OCH3 is 1. The van der Waals surface area contributed by atoms with Crippen molar-refractivity contribution in [2.24, 2.45) is 0 Å². The number of carbonyl (C=O) groups excluding carboxylic acids is 1. The second-order valence-corrected chi connectivity index (χ2v) is 9.43. The minimum atomic E-state index is -3.73. The smallest absolute Gasteiger partial charge is 0.252 e. The zero-order chi connectivity index (χ0) is 20.1. The normalized spacial score (nSPS) is 12.4. The first-order valence-electron chi connectivity index (χ1n) is 8.37. The van der Waals surface area contributed by atoms with E-state index in [9.17, 15) is 13.2 Å². The van der Waals surface area contributed by atoms with Gasteiger partial charge in [-0.25, -0.2) is 8.42 Å². The van der Waals surface area contributed by atoms with E-state index in [2.05, 4.69) is 5.32 Å². The Kier molecular flexibility index (Phi) is 6.39. The predicted molar refractivity (Wildman–Crippen MR) is 111 cm³/mol. The molecule has 28 heavy (non-hydrogen) atoms. The molecule has 3 rings (SSSR count). The van der Waals surface area contributed by atoms with E-state index in [-0.39, 0.29) is 11.4 Å². The Hall–Kier alpha value is -2.35. The highest BCUT2D eigenvalue weighted by Gasteiger charge is 2.30. The number of nitrogens with one attached hydrogen (secondary N) is 1. The summed E-state index contributed by atoms with van der Waals surface area (Å²) in [6.45, 7) is -0.0705. The van der Waals surface area contributed by atoms with E-state index >= 15 is 0 Å². The number of sulfone groups is 1. The Balaban J connectivity index is 1.87. The molecule has 0 fully saturated rings. The van der Waals surface area contributed by atoms with Crippen LogP contribution >= 0.6 is 22.9 Å². The highest BCUT2D eigenvalue weighted by Crippen LogP contribution is 2.32. The number of hydrogen-bond acceptors (Lipinski definition) is 5. The van der Waals surface area contributed by atoms with Crippen LogP contribution in [0.4, 0.5) is 0 Å². The van der Waals surface area contributed by atoms with Gasteiger partial charge in [0.1, 0.15) is 11.0 Å². The summed E-state index contributed by atoms with van der Waals surface area (Å²) in [5.74, 6) is 0.149. The first-order chi connectivity index (χ1) is 13.4. The van der Waals surface area contributed by atoms with Crippen molar-refractivity contribution in [1.82, 2.24) is 5.32 Å². The van der Waals surface area contributed by atoms with Gasteiger partial charge in [-0.1, -0.05) is 29.8 Å². The van der Waals surface area contributed by atoms with Crippen molar-refractivity contribution in [2.75, 3.05) is 13.7 Å². The third-order valence-corrected chi connectivity index (χ3v) is 7.75. The lowest BCUT2D eigenvalue weighted by molar-refractivity contribution is 0.0954. The lowest BCUT2D eigenvalue weighted by atomic mass is 10.2. The molecule has 0 bridgehead atoms. The lowest BCUT2D eigenvalue weighted by Gasteiger charge is -2.18. The van der Waals surface area contributed by atoms with Gasteiger partial charge in [0.25, 0.3) is 5.91 Å². The molecule has 1 atom stereocenters. The molecule has 0 aliphatic carbocycles. The number of hydrogen-bond donors (Lipinski definition) is 1. The molecule has 5 nitrogen and oxygen atoms in total. The monoisotopic (exact) mass is 435 g/mol. The Morgan fingerprint density at radius 2 is 1.82 bits per heavy atom. The van der Waals surface area contributed by atoms with Crippen LogP contribution < -0.4 is 10.1 Å². The molecule has 0 saturated carbocycles. The predicted octanol–water partition coefficient (Wildman–Crippen LogP) is 4.36. The Morgan fingerprint density at radius 3 is 2.43 bits per heavy atom. The molecule has 1 N–H and O–H groups in total. The van der Waals surface area contributed by atoms with Gasteiger partial charge < -0.3 is 10.1 Å². The number of benzene rings is 2. The summed E-state index contributed by atoms with van der Waals surface area (Å²) in [6.07, 6.45) is 0. The molecule has 0 aliphatic heterocycles. The molecule has 0 spiro atoms. The Labute approximate surface area is 172 Å². The van der Waals surface area contributed by atoms with E-state index in [0.717, 1.165) is 0 Å². The van der Waals surface area contributed by atoms with Gasteiger partial charge in [0.15, 0.2) is 9.84 Å². The summed E-state index contributed by atoms with van der Waals surface area (Å²) in [5, 5.41) is 3.91. The van der Waals surface area contributed by atoms with Gasteiger partial charge in [0, 0.05) is 11.4 Å². The summed E-state index contributed by atoms with van der Waals surface area (Å²) < 4.78 is 31.6. The molecule has 146 valence electrons. The number of halogens is 1. The first kappa shape index (κ1) is 20.4. The summed E-state index contributed by atoms with van der Waals surface area (Å²) in [7, 11) is -2.21. The number of rotatable bonds is 7. The van der Waals surface area contributed by atoms with E-state index in [1.165, 1.54) is 30.6 Å². The quantitative estimate of drug-likeness (QED) is 0.598. The van der Waals surface area contributed by atoms with Crippen LogP contribution in [-0.2, 0) is 9.84 Å². The van der Waals surface area contributed by atoms with Gasteiger partial charge in [0.2, 0.25) is 0 Å². The average molecular weight is 436 g/mol. The van der Waals surface area contributed by atoms with E-state index in [1.807, 2.05) is 5.38 Å². The van der Waals surface area contributed by atoms with Gasteiger partial charge >= 0.3 is 0 Å². The summed E-state index contributed by atoms with van der Waals surface area (Å²) in [6, 6.07) is 16.4. The second kappa shape index (κ2) is 8.77. The average Bonchev–Trinajstić information content (AvgIpc) is 3.22. The standard InChI is InChI=1S/C20H18ClNO4S2/c1-26-14-8-10-15(11-9-14)28(24,25)19(18-7-4-12-27-18)13-22-20(23)16-5-2-3-6-17(16)21/h2-12,19H,13H2,1H3,(H,22,23)/t19-/m0/s1. The van der Waals surface area contributed by atoms with Crippen molar-refractivity contribution < 1.29 is 17.9 Å². The summed E-state index contributed by atoms with van der Waals surface area (Å²) in [4.78, 5) is 13.3. The molecule has 1 heterocycles. The molecule has 1 amide bonds. The zero-order valence-corrected chi connectivity index (χ0v) is 17.4. The van der Waals surface area contributed by atoms with Crippen LogP contribution in [0.5, 0.6) is 5.75 Å². The molecule has 3 aromatic rings. The fourth-order valence-corrected chi connectivity index (χ4v) is 5.70. The van der Waals surface area contributed by atoms with Crippen LogP contribution in [0.3, 0.4) is 0 Å². The van der Waals surface area contributed by atoms with Crippen LogP contribution in [0.15, 0.2) is 70.9 Å². The molecule has 0 aliphatic rings. The third kappa shape index (κ3) is 4.38. The number of thiophene rings is 1. The van der Waals surface area contributed by atoms with Crippen LogP contribution in [0, 0.1) is 0 Å². The molecule has 0 saturated heterocycles. The molecule has 2 aromatic carbocycles. The van der Waals surface area contributed by atoms with Gasteiger partial charge in [-0.2, -0.15) is 0 Å². The Bertz CT molecular complexity index is 1050. The van der Waals surface area contributed by atoms with Crippen molar-refractivity contribution in [1.29, 1.82) is 0 Å². The molecule has 0 radical (unpaired) electrons. The second-order valence-electron chi connectivity index (χ2n) is 5.91. The summed E-state index contributed by atoms with van der Waals surface area (Å²) >= 11 is 7.39. The fraction of sp³-hybridized carbons (Fsp3) is 0.150. The van der Waals surface area contributed by atoms with E-state index in [0.29, 0.717) is 21.2 Å². The lowest BCUT2D eigenvalue weighted by Crippen LogP contribution is -2.31. The molecular weight excluding hydrogens is 418 g/mol.